The van der Waals surface area contributed by atoms with Crippen LogP contribution in [0, 0.1) is 5.41 Å². The summed E-state index contributed by atoms with van der Waals surface area (Å²) in [6, 6.07) is 0. The van der Waals surface area contributed by atoms with Gasteiger partial charge in [0.2, 0.25) is 0 Å². The van der Waals surface area contributed by atoms with Gasteiger partial charge in [0.05, 0.1) is 6.61 Å². The molecule has 1 aliphatic rings. The third kappa shape index (κ3) is 5.55. The van der Waals surface area contributed by atoms with Crippen LogP contribution >= 0.6 is 15.9 Å². The molecule has 0 heterocycles. The summed E-state index contributed by atoms with van der Waals surface area (Å²) < 4.78 is 10.4. The quantitative estimate of drug-likeness (QED) is 0.456. The lowest BCUT2D eigenvalue weighted by Crippen LogP contribution is -2.40. The summed E-state index contributed by atoms with van der Waals surface area (Å²) in [6.07, 6.45) is 6.63. The first-order valence-corrected chi connectivity index (χ1v) is 8.15. The molecule has 1 saturated carbocycles. The van der Waals surface area contributed by atoms with Gasteiger partial charge in [-0.25, -0.2) is 0 Å². The van der Waals surface area contributed by atoms with E-state index >= 15 is 0 Å². The molecule has 0 aromatic rings. The van der Waals surface area contributed by atoms with E-state index in [1.54, 1.807) is 14.2 Å². The van der Waals surface area contributed by atoms with Crippen LogP contribution in [0.15, 0.2) is 0 Å². The van der Waals surface area contributed by atoms with Crippen molar-refractivity contribution in [3.05, 3.63) is 0 Å². The van der Waals surface area contributed by atoms with Crippen molar-refractivity contribution in [2.75, 3.05) is 52.4 Å². The van der Waals surface area contributed by atoms with Crippen LogP contribution in [0.1, 0.15) is 32.1 Å². The molecule has 1 aliphatic carbocycles. The number of rotatable bonds is 10. The number of halogens is 1. The molecule has 3 nitrogen and oxygen atoms in total. The molecule has 1 rings (SSSR count). The van der Waals surface area contributed by atoms with Gasteiger partial charge in [-0.1, -0.05) is 28.8 Å². The Morgan fingerprint density at radius 1 is 1.06 bits per heavy atom. The summed E-state index contributed by atoms with van der Waals surface area (Å²) in [6.45, 7) is 5.03. The fraction of sp³-hybridized carbons (Fsp3) is 1.00. The van der Waals surface area contributed by atoms with Gasteiger partial charge < -0.3 is 14.4 Å². The van der Waals surface area contributed by atoms with E-state index < -0.39 is 0 Å². The van der Waals surface area contributed by atoms with Crippen LogP contribution in [0.3, 0.4) is 0 Å². The molecule has 4 heteroatoms. The molecule has 1 fully saturated rings. The Labute approximate surface area is 120 Å². The molecule has 0 atom stereocenters. The molecule has 0 aliphatic heterocycles. The van der Waals surface area contributed by atoms with Crippen molar-refractivity contribution in [1.82, 2.24) is 4.90 Å². The van der Waals surface area contributed by atoms with Crippen molar-refractivity contribution in [2.24, 2.45) is 5.41 Å². The van der Waals surface area contributed by atoms with Crippen molar-refractivity contribution in [3.8, 4) is 0 Å². The zero-order valence-corrected chi connectivity index (χ0v) is 13.5. The van der Waals surface area contributed by atoms with E-state index in [9.17, 15) is 0 Å². The second-order valence-electron chi connectivity index (χ2n) is 5.46. The third-order valence-corrected chi connectivity index (χ3v) is 5.13. The minimum atomic E-state index is 0.501. The number of alkyl halides is 1. The van der Waals surface area contributed by atoms with Crippen LogP contribution < -0.4 is 0 Å². The van der Waals surface area contributed by atoms with Crippen molar-refractivity contribution in [1.29, 1.82) is 0 Å². The second-order valence-corrected chi connectivity index (χ2v) is 6.02. The van der Waals surface area contributed by atoms with E-state index in [0.29, 0.717) is 5.41 Å². The van der Waals surface area contributed by atoms with Gasteiger partial charge in [0, 0.05) is 45.8 Å². The average molecular weight is 322 g/mol. The van der Waals surface area contributed by atoms with Crippen LogP contribution in [0.2, 0.25) is 0 Å². The first-order chi connectivity index (χ1) is 8.76. The second kappa shape index (κ2) is 9.29. The Morgan fingerprint density at radius 3 is 2.28 bits per heavy atom. The lowest BCUT2D eigenvalue weighted by molar-refractivity contribution is 0.104. The zero-order chi connectivity index (χ0) is 13.3. The van der Waals surface area contributed by atoms with Gasteiger partial charge in [-0.05, 0) is 24.7 Å². The normalized spacial score (nSPS) is 18.7. The van der Waals surface area contributed by atoms with Gasteiger partial charge in [-0.3, -0.25) is 0 Å². The lowest BCUT2D eigenvalue weighted by Gasteiger charge is -2.34. The molecule has 18 heavy (non-hydrogen) atoms. The van der Waals surface area contributed by atoms with Gasteiger partial charge in [-0.15, -0.1) is 0 Å². The average Bonchev–Trinajstić information content (AvgIpc) is 2.85. The topological polar surface area (TPSA) is 21.7 Å². The Balaban J connectivity index is 2.42. The Kier molecular flexibility index (Phi) is 8.47. The highest BCUT2D eigenvalue weighted by Crippen LogP contribution is 2.40. The molecule has 0 unspecified atom stereocenters. The van der Waals surface area contributed by atoms with Crippen molar-refractivity contribution >= 4 is 15.9 Å². The highest BCUT2D eigenvalue weighted by molar-refractivity contribution is 9.09. The van der Waals surface area contributed by atoms with Crippen molar-refractivity contribution in [2.45, 2.75) is 32.1 Å². The standard InChI is InChI=1S/C14H28BrNO2/c1-17-10-5-8-16(9-11-18-2)13-14(12-15)6-3-4-7-14/h3-13H2,1-2H3. The summed E-state index contributed by atoms with van der Waals surface area (Å²) in [4.78, 5) is 2.55. The number of hydrogen-bond acceptors (Lipinski definition) is 3. The molecule has 0 radical (unpaired) electrons. The first kappa shape index (κ1) is 16.4. The van der Waals surface area contributed by atoms with Crippen LogP contribution in [0.5, 0.6) is 0 Å². The summed E-state index contributed by atoms with van der Waals surface area (Å²) in [5.74, 6) is 0. The van der Waals surface area contributed by atoms with E-state index in [4.69, 9.17) is 9.47 Å². The maximum Gasteiger partial charge on any atom is 0.0589 e. The predicted octanol–water partition coefficient (Wildman–Crippen LogP) is 2.93. The van der Waals surface area contributed by atoms with E-state index in [0.717, 1.165) is 38.1 Å². The molecule has 0 bridgehead atoms. The van der Waals surface area contributed by atoms with Gasteiger partial charge >= 0.3 is 0 Å². The number of ether oxygens (including phenoxy) is 2. The van der Waals surface area contributed by atoms with Gasteiger partial charge in [0.15, 0.2) is 0 Å². The largest absolute Gasteiger partial charge is 0.385 e. The molecular formula is C14H28BrNO2. The van der Waals surface area contributed by atoms with E-state index in [-0.39, 0.29) is 0 Å². The van der Waals surface area contributed by atoms with Gasteiger partial charge in [0.1, 0.15) is 0 Å². The Hall–Kier alpha value is 0.360. The number of nitrogens with zero attached hydrogens (tertiary/aromatic N) is 1. The molecule has 0 aromatic heterocycles. The van der Waals surface area contributed by atoms with Crippen LogP contribution in [-0.2, 0) is 9.47 Å². The fourth-order valence-electron chi connectivity index (χ4n) is 2.86. The highest BCUT2D eigenvalue weighted by atomic mass is 79.9. The third-order valence-electron chi connectivity index (χ3n) is 3.94. The molecule has 0 N–H and O–H groups in total. The summed E-state index contributed by atoms with van der Waals surface area (Å²) >= 11 is 3.73. The Morgan fingerprint density at radius 2 is 1.72 bits per heavy atom. The van der Waals surface area contributed by atoms with Crippen LogP contribution in [-0.4, -0.2) is 57.3 Å². The molecule has 108 valence electrons. The minimum absolute atomic E-state index is 0.501. The van der Waals surface area contributed by atoms with Gasteiger partial charge in [-0.2, -0.15) is 0 Å². The fourth-order valence-corrected chi connectivity index (χ4v) is 3.59. The Bertz CT molecular complexity index is 208. The molecular weight excluding hydrogens is 294 g/mol. The molecule has 0 aromatic carbocycles. The summed E-state index contributed by atoms with van der Waals surface area (Å²) in [7, 11) is 3.56. The minimum Gasteiger partial charge on any atom is -0.385 e. The maximum absolute atomic E-state index is 5.23. The number of methoxy groups -OCH3 is 2. The predicted molar refractivity (Wildman–Crippen MR) is 79.5 cm³/mol. The SMILES string of the molecule is COCCCN(CCOC)CC1(CBr)CCCC1. The smallest absolute Gasteiger partial charge is 0.0589 e. The van der Waals surface area contributed by atoms with Crippen LogP contribution in [0.4, 0.5) is 0 Å². The van der Waals surface area contributed by atoms with Crippen molar-refractivity contribution < 1.29 is 9.47 Å². The van der Waals surface area contributed by atoms with E-state index in [1.165, 1.54) is 32.2 Å². The monoisotopic (exact) mass is 321 g/mol. The van der Waals surface area contributed by atoms with Gasteiger partial charge in [0.25, 0.3) is 0 Å². The highest BCUT2D eigenvalue weighted by Gasteiger charge is 2.34. The van der Waals surface area contributed by atoms with E-state index in [1.807, 2.05) is 0 Å². The number of hydrogen-bond donors (Lipinski definition) is 0. The van der Waals surface area contributed by atoms with Crippen molar-refractivity contribution in [3.63, 3.8) is 0 Å². The first-order valence-electron chi connectivity index (χ1n) is 7.02. The maximum atomic E-state index is 5.23. The lowest BCUT2D eigenvalue weighted by atomic mass is 9.88. The molecule has 0 spiro atoms. The molecule has 0 amide bonds. The van der Waals surface area contributed by atoms with E-state index in [2.05, 4.69) is 20.8 Å². The molecule has 0 saturated heterocycles. The zero-order valence-electron chi connectivity index (χ0n) is 11.9. The summed E-state index contributed by atoms with van der Waals surface area (Å²) in [5, 5.41) is 1.13. The van der Waals surface area contributed by atoms with Crippen LogP contribution in [0.25, 0.3) is 0 Å². The summed E-state index contributed by atoms with van der Waals surface area (Å²) in [5.41, 5.74) is 0.501.